The van der Waals surface area contributed by atoms with Crippen LogP contribution in [-0.4, -0.2) is 89.6 Å². The van der Waals surface area contributed by atoms with Gasteiger partial charge in [0, 0.05) is 6.08 Å². The van der Waals surface area contributed by atoms with Crippen LogP contribution >= 0.6 is 0 Å². The fraction of sp³-hybridized carbons (Fsp3) is 0.400. The Morgan fingerprint density at radius 3 is 2.42 bits per heavy atom. The molecule has 0 amide bonds. The third-order valence-corrected chi connectivity index (χ3v) is 5.60. The van der Waals surface area contributed by atoms with Crippen LogP contribution in [0, 0.1) is 0 Å². The molecule has 5 unspecified atom stereocenters. The van der Waals surface area contributed by atoms with Crippen LogP contribution in [-0.2, 0) is 25.4 Å². The highest BCUT2D eigenvalue weighted by Crippen LogP contribution is 2.28. The summed E-state index contributed by atoms with van der Waals surface area (Å²) in [6.45, 7) is -0.533. The van der Waals surface area contributed by atoms with E-state index in [9.17, 15) is 30.3 Å². The zero-order valence-electron chi connectivity index (χ0n) is 19.8. The molecule has 1 saturated heterocycles. The van der Waals surface area contributed by atoms with Crippen LogP contribution < -0.4 is 9.47 Å². The van der Waals surface area contributed by atoms with Crippen LogP contribution in [0.15, 0.2) is 42.5 Å². The molecule has 2 aromatic carbocycles. The average molecular weight is 507 g/mol. The van der Waals surface area contributed by atoms with Crippen molar-refractivity contribution in [3.8, 4) is 23.0 Å². The third kappa shape index (κ3) is 6.65. The standard InChI is InChI=1S/C25H30O11/c1-32-18-7-4-15(11-17(18)28)9-10-34-25-23(31)22(30)24(20(13-26)35-25)36-21(29)8-5-14-3-6-16(27)19(12-14)33-2/h3-8,11-12,20,22-28,30-31H,9-10,13H2,1-2H3. The molecule has 1 aliphatic rings. The second-order valence-corrected chi connectivity index (χ2v) is 8.00. The summed E-state index contributed by atoms with van der Waals surface area (Å²) < 4.78 is 26.3. The monoisotopic (exact) mass is 506 g/mol. The summed E-state index contributed by atoms with van der Waals surface area (Å²) in [6, 6.07) is 9.32. The summed E-state index contributed by atoms with van der Waals surface area (Å²) >= 11 is 0. The van der Waals surface area contributed by atoms with Gasteiger partial charge in [0.15, 0.2) is 35.4 Å². The maximum atomic E-state index is 12.3. The Morgan fingerprint density at radius 2 is 1.75 bits per heavy atom. The summed E-state index contributed by atoms with van der Waals surface area (Å²) in [7, 11) is 2.83. The highest BCUT2D eigenvalue weighted by Gasteiger charge is 2.46. The minimum Gasteiger partial charge on any atom is -0.504 e. The van der Waals surface area contributed by atoms with Gasteiger partial charge >= 0.3 is 5.97 Å². The van der Waals surface area contributed by atoms with Crippen LogP contribution in [0.2, 0.25) is 0 Å². The lowest BCUT2D eigenvalue weighted by atomic mass is 9.99. The molecule has 5 N–H and O–H groups in total. The van der Waals surface area contributed by atoms with Crippen molar-refractivity contribution in [3.05, 3.63) is 53.6 Å². The molecular weight excluding hydrogens is 476 g/mol. The largest absolute Gasteiger partial charge is 0.504 e. The Balaban J connectivity index is 1.56. The van der Waals surface area contributed by atoms with Crippen molar-refractivity contribution in [2.24, 2.45) is 0 Å². The number of phenolic OH excluding ortho intramolecular Hbond substituents is 2. The summed E-state index contributed by atoms with van der Waals surface area (Å²) in [4.78, 5) is 12.3. The van der Waals surface area contributed by atoms with Gasteiger partial charge in [0.25, 0.3) is 0 Å². The van der Waals surface area contributed by atoms with Gasteiger partial charge in [-0.2, -0.15) is 0 Å². The van der Waals surface area contributed by atoms with E-state index in [0.717, 1.165) is 11.6 Å². The van der Waals surface area contributed by atoms with E-state index in [1.807, 2.05) is 0 Å². The Labute approximate surface area is 207 Å². The molecule has 11 heteroatoms. The quantitative estimate of drug-likeness (QED) is 0.228. The van der Waals surface area contributed by atoms with Gasteiger partial charge in [0.1, 0.15) is 18.3 Å². The zero-order chi connectivity index (χ0) is 26.2. The van der Waals surface area contributed by atoms with E-state index in [-0.39, 0.29) is 23.9 Å². The van der Waals surface area contributed by atoms with Gasteiger partial charge in [-0.15, -0.1) is 0 Å². The van der Waals surface area contributed by atoms with Gasteiger partial charge < -0.3 is 49.2 Å². The third-order valence-electron chi connectivity index (χ3n) is 5.60. The second kappa shape index (κ2) is 12.6. The molecular formula is C25H30O11. The number of phenols is 2. The van der Waals surface area contributed by atoms with Gasteiger partial charge in [-0.1, -0.05) is 12.1 Å². The first-order chi connectivity index (χ1) is 17.3. The second-order valence-electron chi connectivity index (χ2n) is 8.00. The number of aromatic hydroxyl groups is 2. The lowest BCUT2D eigenvalue weighted by Gasteiger charge is -2.41. The topological polar surface area (TPSA) is 164 Å². The van der Waals surface area contributed by atoms with E-state index in [4.69, 9.17) is 23.7 Å². The smallest absolute Gasteiger partial charge is 0.331 e. The molecule has 0 radical (unpaired) electrons. The zero-order valence-corrected chi connectivity index (χ0v) is 19.8. The predicted molar refractivity (Wildman–Crippen MR) is 126 cm³/mol. The maximum Gasteiger partial charge on any atom is 0.331 e. The minimum atomic E-state index is -1.59. The van der Waals surface area contributed by atoms with E-state index in [1.165, 1.54) is 38.5 Å². The summed E-state index contributed by atoms with van der Waals surface area (Å²) in [5.41, 5.74) is 1.28. The van der Waals surface area contributed by atoms with E-state index in [2.05, 4.69) is 0 Å². The number of hydrogen-bond acceptors (Lipinski definition) is 11. The molecule has 1 fully saturated rings. The Hall–Kier alpha value is -3.35. The number of carbonyl (C=O) groups is 1. The molecule has 11 nitrogen and oxygen atoms in total. The maximum absolute atomic E-state index is 12.3. The van der Waals surface area contributed by atoms with Gasteiger partial charge in [-0.3, -0.25) is 0 Å². The average Bonchev–Trinajstić information content (AvgIpc) is 2.87. The first kappa shape index (κ1) is 27.2. The molecule has 5 atom stereocenters. The van der Waals surface area contributed by atoms with Crippen LogP contribution in [0.3, 0.4) is 0 Å². The van der Waals surface area contributed by atoms with Gasteiger partial charge in [-0.25, -0.2) is 4.79 Å². The number of ether oxygens (including phenoxy) is 5. The highest BCUT2D eigenvalue weighted by atomic mass is 16.7. The highest BCUT2D eigenvalue weighted by molar-refractivity contribution is 5.87. The van der Waals surface area contributed by atoms with E-state index in [0.29, 0.717) is 17.7 Å². The number of carbonyl (C=O) groups excluding carboxylic acids is 1. The summed E-state index contributed by atoms with van der Waals surface area (Å²) in [6.07, 6.45) is -4.06. The molecule has 0 saturated carbocycles. The Kier molecular flexibility index (Phi) is 9.51. The van der Waals surface area contributed by atoms with Crippen LogP contribution in [0.25, 0.3) is 6.08 Å². The molecule has 0 aromatic heterocycles. The molecule has 0 spiro atoms. The number of hydrogen-bond donors (Lipinski definition) is 5. The number of aliphatic hydroxyl groups is 3. The van der Waals surface area contributed by atoms with Crippen molar-refractivity contribution < 1.29 is 54.0 Å². The number of rotatable bonds is 10. The van der Waals surface area contributed by atoms with Crippen molar-refractivity contribution >= 4 is 12.0 Å². The van der Waals surface area contributed by atoms with Crippen molar-refractivity contribution in [2.75, 3.05) is 27.4 Å². The van der Waals surface area contributed by atoms with Crippen LogP contribution in [0.4, 0.5) is 0 Å². The molecule has 196 valence electrons. The number of esters is 1. The number of aliphatic hydroxyl groups excluding tert-OH is 3. The van der Waals surface area contributed by atoms with E-state index in [1.54, 1.807) is 18.2 Å². The lowest BCUT2D eigenvalue weighted by Crippen LogP contribution is -2.60. The van der Waals surface area contributed by atoms with Gasteiger partial charge in [-0.05, 0) is 47.9 Å². The molecule has 1 heterocycles. The molecule has 3 rings (SSSR count). The van der Waals surface area contributed by atoms with Gasteiger partial charge in [0.05, 0.1) is 27.4 Å². The van der Waals surface area contributed by atoms with Gasteiger partial charge in [0.2, 0.25) is 0 Å². The fourth-order valence-corrected chi connectivity index (χ4v) is 3.66. The van der Waals surface area contributed by atoms with Crippen LogP contribution in [0.1, 0.15) is 11.1 Å². The summed E-state index contributed by atoms with van der Waals surface area (Å²) in [5, 5.41) is 50.2. The molecule has 0 aliphatic carbocycles. The molecule has 0 bridgehead atoms. The van der Waals surface area contributed by atoms with Crippen molar-refractivity contribution in [3.63, 3.8) is 0 Å². The minimum absolute atomic E-state index is 0.0250. The number of benzene rings is 2. The SMILES string of the molecule is COc1ccc(CCOC2OC(CO)C(OC(=O)C=Cc3ccc(O)c(OC)c3)C(O)C2O)cc1O. The van der Waals surface area contributed by atoms with E-state index < -0.39 is 43.3 Å². The Bertz CT molecular complexity index is 1050. The van der Waals surface area contributed by atoms with Crippen molar-refractivity contribution in [2.45, 2.75) is 37.1 Å². The van der Waals surface area contributed by atoms with Crippen LogP contribution in [0.5, 0.6) is 23.0 Å². The molecule has 1 aliphatic heterocycles. The summed E-state index contributed by atoms with van der Waals surface area (Å²) in [5.74, 6) is -0.377. The normalized spacial score (nSPS) is 24.0. The first-order valence-electron chi connectivity index (χ1n) is 11.1. The van der Waals surface area contributed by atoms with E-state index >= 15 is 0 Å². The lowest BCUT2D eigenvalue weighted by molar-refractivity contribution is -0.302. The predicted octanol–water partition coefficient (Wildman–Crippen LogP) is 0.738. The number of methoxy groups -OCH3 is 2. The van der Waals surface area contributed by atoms with Crippen molar-refractivity contribution in [1.29, 1.82) is 0 Å². The first-order valence-corrected chi connectivity index (χ1v) is 11.1. The Morgan fingerprint density at radius 1 is 1.00 bits per heavy atom. The fourth-order valence-electron chi connectivity index (χ4n) is 3.66. The molecule has 2 aromatic rings. The van der Waals surface area contributed by atoms with Crippen molar-refractivity contribution in [1.82, 2.24) is 0 Å². The molecule has 36 heavy (non-hydrogen) atoms.